The van der Waals surface area contributed by atoms with Crippen molar-refractivity contribution in [3.05, 3.63) is 94.8 Å². The lowest BCUT2D eigenvalue weighted by Crippen LogP contribution is -2.33. The molecule has 2 heterocycles. The molecule has 0 radical (unpaired) electrons. The minimum absolute atomic E-state index is 0.396. The Morgan fingerprint density at radius 1 is 1.04 bits per heavy atom. The van der Waals surface area contributed by atoms with Gasteiger partial charge in [-0.05, 0) is 60.2 Å². The molecule has 3 heteroatoms. The van der Waals surface area contributed by atoms with Gasteiger partial charge in [-0.15, -0.1) is 11.8 Å². The van der Waals surface area contributed by atoms with Crippen molar-refractivity contribution in [1.29, 1.82) is 0 Å². The van der Waals surface area contributed by atoms with Crippen molar-refractivity contribution in [2.24, 2.45) is 0 Å². The van der Waals surface area contributed by atoms with Crippen LogP contribution < -0.4 is 0 Å². The fourth-order valence-corrected chi connectivity index (χ4v) is 4.74. The fourth-order valence-electron chi connectivity index (χ4n) is 3.82. The third-order valence-electron chi connectivity index (χ3n) is 5.71. The first kappa shape index (κ1) is 19.2. The highest BCUT2D eigenvalue weighted by atomic mass is 32.2. The number of fused-ring (bicyclic) bond motifs is 1. The maximum absolute atomic E-state index is 4.59. The normalized spacial score (nSPS) is 15.2. The number of thioether (sulfide) groups is 1. The van der Waals surface area contributed by atoms with Gasteiger partial charge in [0, 0.05) is 41.7 Å². The van der Waals surface area contributed by atoms with Gasteiger partial charge >= 0.3 is 0 Å². The molecule has 2 nitrogen and oxygen atoms in total. The molecule has 0 unspecified atom stereocenters. The number of benzene rings is 2. The lowest BCUT2D eigenvalue weighted by Gasteiger charge is -2.34. The molecule has 2 aromatic carbocycles. The third-order valence-corrected chi connectivity index (χ3v) is 6.77. The largest absolute Gasteiger partial charge is 0.292 e. The highest BCUT2D eigenvalue weighted by molar-refractivity contribution is 7.98. The second-order valence-electron chi connectivity index (χ2n) is 7.54. The number of rotatable bonds is 6. The Hall–Kier alpha value is -2.10. The van der Waals surface area contributed by atoms with E-state index in [2.05, 4.69) is 90.6 Å². The van der Waals surface area contributed by atoms with Crippen LogP contribution in [0, 0.1) is 0 Å². The summed E-state index contributed by atoms with van der Waals surface area (Å²) in [6.45, 7) is 6.59. The van der Waals surface area contributed by atoms with Gasteiger partial charge in [0.2, 0.25) is 0 Å². The summed E-state index contributed by atoms with van der Waals surface area (Å²) in [5.41, 5.74) is 6.85. The smallest absolute Gasteiger partial charge is 0.0401 e. The number of hydrogen-bond acceptors (Lipinski definition) is 3. The molecular formula is C25H28N2S. The molecule has 0 bridgehead atoms. The summed E-state index contributed by atoms with van der Waals surface area (Å²) >= 11 is 1.93. The third kappa shape index (κ3) is 4.48. The highest BCUT2D eigenvalue weighted by Gasteiger charge is 2.22. The Morgan fingerprint density at radius 2 is 1.89 bits per heavy atom. The van der Waals surface area contributed by atoms with Crippen molar-refractivity contribution in [3.63, 3.8) is 0 Å². The zero-order valence-electron chi connectivity index (χ0n) is 16.8. The molecule has 1 atom stereocenters. The van der Waals surface area contributed by atoms with E-state index in [4.69, 9.17) is 0 Å². The summed E-state index contributed by atoms with van der Waals surface area (Å²) in [7, 11) is 0. The lowest BCUT2D eigenvalue weighted by molar-refractivity contribution is 0.191. The zero-order chi connectivity index (χ0) is 19.3. The van der Waals surface area contributed by atoms with E-state index in [1.165, 1.54) is 32.8 Å². The topological polar surface area (TPSA) is 16.1 Å². The van der Waals surface area contributed by atoms with Gasteiger partial charge in [0.25, 0.3) is 0 Å². The molecule has 0 spiro atoms. The average Bonchev–Trinajstić information content (AvgIpc) is 2.77. The number of aryl methyl sites for hydroxylation is 1. The van der Waals surface area contributed by atoms with E-state index in [0.717, 1.165) is 31.7 Å². The quantitative estimate of drug-likeness (QED) is 0.478. The molecule has 1 aliphatic heterocycles. The summed E-state index contributed by atoms with van der Waals surface area (Å²) in [4.78, 5) is 8.54. The molecule has 144 valence electrons. The molecule has 0 saturated heterocycles. The van der Waals surface area contributed by atoms with Crippen molar-refractivity contribution in [2.75, 3.05) is 6.54 Å². The van der Waals surface area contributed by atoms with E-state index in [0.29, 0.717) is 6.04 Å². The summed E-state index contributed by atoms with van der Waals surface area (Å²) in [6, 6.07) is 22.6. The van der Waals surface area contributed by atoms with Gasteiger partial charge in [-0.1, -0.05) is 49.4 Å². The van der Waals surface area contributed by atoms with Crippen molar-refractivity contribution < 1.29 is 0 Å². The Balaban J connectivity index is 1.44. The van der Waals surface area contributed by atoms with Crippen LogP contribution in [-0.2, 0) is 25.1 Å². The van der Waals surface area contributed by atoms with Gasteiger partial charge in [0.05, 0.1) is 0 Å². The molecule has 0 N–H and O–H groups in total. The number of nitrogens with zero attached hydrogens (tertiary/aromatic N) is 2. The summed E-state index contributed by atoms with van der Waals surface area (Å²) in [6.07, 6.45) is 4.18. The van der Waals surface area contributed by atoms with Crippen LogP contribution in [0.3, 0.4) is 0 Å². The zero-order valence-corrected chi connectivity index (χ0v) is 17.6. The molecule has 0 aliphatic carbocycles. The van der Waals surface area contributed by atoms with E-state index in [1.807, 2.05) is 11.8 Å². The Labute approximate surface area is 173 Å². The van der Waals surface area contributed by atoms with Gasteiger partial charge in [-0.25, -0.2) is 0 Å². The van der Waals surface area contributed by atoms with Crippen molar-refractivity contribution in [1.82, 2.24) is 9.88 Å². The predicted octanol–water partition coefficient (Wildman–Crippen LogP) is 6.06. The van der Waals surface area contributed by atoms with E-state index in [9.17, 15) is 0 Å². The Bertz CT molecular complexity index is 906. The van der Waals surface area contributed by atoms with Crippen molar-refractivity contribution in [2.45, 2.75) is 49.9 Å². The molecule has 0 fully saturated rings. The van der Waals surface area contributed by atoms with E-state index in [-0.39, 0.29) is 0 Å². The standard InChI is InChI=1S/C25H28N2S/c1-3-24-11-9-22(16-26-24)19(2)27-14-13-21-10-12-25(15-23(21)17-27)28-18-20-7-5-4-6-8-20/h4-12,15-16,19H,3,13-14,17-18H2,1-2H3/t19-/m1/s1. The van der Waals surface area contributed by atoms with Gasteiger partial charge in [0.15, 0.2) is 0 Å². The molecule has 1 aliphatic rings. The average molecular weight is 389 g/mol. The van der Waals surface area contributed by atoms with Gasteiger partial charge in [-0.3, -0.25) is 9.88 Å². The molecule has 4 rings (SSSR count). The lowest BCUT2D eigenvalue weighted by atomic mass is 9.97. The first-order valence-electron chi connectivity index (χ1n) is 10.2. The summed E-state index contributed by atoms with van der Waals surface area (Å²) in [5.74, 6) is 1.02. The van der Waals surface area contributed by atoms with Gasteiger partial charge in [0.1, 0.15) is 0 Å². The van der Waals surface area contributed by atoms with E-state index >= 15 is 0 Å². The van der Waals surface area contributed by atoms with Gasteiger partial charge in [-0.2, -0.15) is 0 Å². The maximum Gasteiger partial charge on any atom is 0.0401 e. The maximum atomic E-state index is 4.59. The van der Waals surface area contributed by atoms with Crippen LogP contribution >= 0.6 is 11.8 Å². The molecular weight excluding hydrogens is 360 g/mol. The summed E-state index contributed by atoms with van der Waals surface area (Å²) in [5, 5.41) is 0. The second-order valence-corrected chi connectivity index (χ2v) is 8.59. The monoisotopic (exact) mass is 388 g/mol. The van der Waals surface area contributed by atoms with Crippen LogP contribution in [-0.4, -0.2) is 16.4 Å². The number of pyridine rings is 1. The van der Waals surface area contributed by atoms with Crippen LogP contribution in [0.25, 0.3) is 0 Å². The fraction of sp³-hybridized carbons (Fsp3) is 0.320. The Kier molecular flexibility index (Phi) is 6.13. The minimum Gasteiger partial charge on any atom is -0.292 e. The van der Waals surface area contributed by atoms with Crippen LogP contribution in [0.2, 0.25) is 0 Å². The van der Waals surface area contributed by atoms with Gasteiger partial charge < -0.3 is 0 Å². The predicted molar refractivity (Wildman–Crippen MR) is 119 cm³/mol. The first-order valence-corrected chi connectivity index (χ1v) is 11.2. The first-order chi connectivity index (χ1) is 13.7. The van der Waals surface area contributed by atoms with Crippen molar-refractivity contribution >= 4 is 11.8 Å². The van der Waals surface area contributed by atoms with Crippen molar-refractivity contribution in [3.8, 4) is 0 Å². The van der Waals surface area contributed by atoms with E-state index in [1.54, 1.807) is 0 Å². The Morgan fingerprint density at radius 3 is 2.64 bits per heavy atom. The molecule has 1 aromatic heterocycles. The second kappa shape index (κ2) is 8.93. The SMILES string of the molecule is CCc1ccc([C@@H](C)N2CCc3ccc(SCc4ccccc4)cc3C2)cn1. The number of aromatic nitrogens is 1. The van der Waals surface area contributed by atoms with Crippen LogP contribution in [0.1, 0.15) is 47.8 Å². The minimum atomic E-state index is 0.396. The molecule has 28 heavy (non-hydrogen) atoms. The van der Waals surface area contributed by atoms with Crippen LogP contribution in [0.5, 0.6) is 0 Å². The molecule has 0 saturated carbocycles. The van der Waals surface area contributed by atoms with E-state index < -0.39 is 0 Å². The number of hydrogen-bond donors (Lipinski definition) is 0. The molecule has 3 aromatic rings. The molecule has 0 amide bonds. The highest BCUT2D eigenvalue weighted by Crippen LogP contribution is 2.31. The van der Waals surface area contributed by atoms with Crippen LogP contribution in [0.15, 0.2) is 71.8 Å². The van der Waals surface area contributed by atoms with Crippen LogP contribution in [0.4, 0.5) is 0 Å². The summed E-state index contributed by atoms with van der Waals surface area (Å²) < 4.78 is 0.